The second kappa shape index (κ2) is 10.5. The molecule has 1 aromatic carbocycles. The molecule has 1 saturated heterocycles. The van der Waals surface area contributed by atoms with E-state index in [1.54, 1.807) is 25.7 Å². The molecule has 32 heavy (non-hydrogen) atoms. The van der Waals surface area contributed by atoms with E-state index in [2.05, 4.69) is 33.4 Å². The lowest BCUT2D eigenvalue weighted by Gasteiger charge is -2.32. The molecule has 0 saturated carbocycles. The fourth-order valence-electron chi connectivity index (χ4n) is 3.94. The summed E-state index contributed by atoms with van der Waals surface area (Å²) in [5, 5.41) is 6.64. The standard InChI is InChI=1S/C24H34N4O4/c1-24(2,3)32-23(31)26-13-12-25-22(30)19-8-6-14-28(17-19)21(29)11-16-27-15-10-18-7-4-5-9-20(18)27/h4-5,7,9-10,15,19H,6,8,11-14,16-17H2,1-3H3,(H,25,30)(H,26,31). The maximum absolute atomic E-state index is 12.8. The predicted molar refractivity (Wildman–Crippen MR) is 123 cm³/mol. The number of piperidine rings is 1. The summed E-state index contributed by atoms with van der Waals surface area (Å²) >= 11 is 0. The van der Waals surface area contributed by atoms with Gasteiger partial charge in [-0.05, 0) is 51.1 Å². The van der Waals surface area contributed by atoms with Crippen molar-refractivity contribution >= 4 is 28.8 Å². The molecule has 2 aromatic rings. The number of hydrogen-bond donors (Lipinski definition) is 2. The molecule has 0 bridgehead atoms. The van der Waals surface area contributed by atoms with Crippen LogP contribution in [-0.2, 0) is 20.9 Å². The average Bonchev–Trinajstić information content (AvgIpc) is 3.17. The highest BCUT2D eigenvalue weighted by atomic mass is 16.6. The summed E-state index contributed by atoms with van der Waals surface area (Å²) in [4.78, 5) is 38.8. The van der Waals surface area contributed by atoms with Gasteiger partial charge in [-0.1, -0.05) is 18.2 Å². The van der Waals surface area contributed by atoms with Crippen molar-refractivity contribution in [3.63, 3.8) is 0 Å². The maximum atomic E-state index is 12.8. The van der Waals surface area contributed by atoms with Crippen molar-refractivity contribution in [2.45, 2.75) is 52.2 Å². The van der Waals surface area contributed by atoms with Crippen molar-refractivity contribution in [1.82, 2.24) is 20.1 Å². The molecule has 2 N–H and O–H groups in total. The van der Waals surface area contributed by atoms with Crippen LogP contribution in [0.1, 0.15) is 40.0 Å². The van der Waals surface area contributed by atoms with Crippen molar-refractivity contribution in [3.8, 4) is 0 Å². The molecular weight excluding hydrogens is 408 g/mol. The highest BCUT2D eigenvalue weighted by molar-refractivity contribution is 5.82. The smallest absolute Gasteiger partial charge is 0.407 e. The van der Waals surface area contributed by atoms with Crippen LogP contribution < -0.4 is 10.6 Å². The van der Waals surface area contributed by atoms with Gasteiger partial charge in [-0.3, -0.25) is 9.59 Å². The van der Waals surface area contributed by atoms with E-state index in [0.29, 0.717) is 39.1 Å². The lowest BCUT2D eigenvalue weighted by atomic mass is 9.97. The zero-order chi connectivity index (χ0) is 23.1. The number of nitrogens with zero attached hydrogens (tertiary/aromatic N) is 2. The number of amides is 3. The Morgan fingerprint density at radius 3 is 2.62 bits per heavy atom. The largest absolute Gasteiger partial charge is 0.444 e. The topological polar surface area (TPSA) is 92.7 Å². The summed E-state index contributed by atoms with van der Waals surface area (Å²) in [7, 11) is 0. The van der Waals surface area contributed by atoms with E-state index in [4.69, 9.17) is 4.74 Å². The Kier molecular flexibility index (Phi) is 7.77. The summed E-state index contributed by atoms with van der Waals surface area (Å²) in [6.07, 6.45) is 3.49. The Morgan fingerprint density at radius 1 is 1.09 bits per heavy atom. The fourth-order valence-corrected chi connectivity index (χ4v) is 3.94. The quantitative estimate of drug-likeness (QED) is 0.645. The van der Waals surface area contributed by atoms with E-state index in [1.165, 1.54) is 0 Å². The van der Waals surface area contributed by atoms with E-state index in [-0.39, 0.29) is 17.7 Å². The molecule has 1 aromatic heterocycles. The Labute approximate surface area is 189 Å². The third kappa shape index (κ3) is 6.73. The van der Waals surface area contributed by atoms with E-state index in [0.717, 1.165) is 23.7 Å². The molecule has 0 radical (unpaired) electrons. The highest BCUT2D eigenvalue weighted by Gasteiger charge is 2.28. The van der Waals surface area contributed by atoms with Crippen molar-refractivity contribution in [1.29, 1.82) is 0 Å². The Bertz CT molecular complexity index is 947. The van der Waals surface area contributed by atoms with E-state index in [1.807, 2.05) is 18.3 Å². The van der Waals surface area contributed by atoms with Crippen molar-refractivity contribution < 1.29 is 19.1 Å². The predicted octanol–water partition coefficient (Wildman–Crippen LogP) is 2.91. The van der Waals surface area contributed by atoms with Gasteiger partial charge in [0.25, 0.3) is 0 Å². The second-order valence-electron chi connectivity index (χ2n) is 9.22. The SMILES string of the molecule is CC(C)(C)OC(=O)NCCNC(=O)C1CCCN(C(=O)CCn2ccc3ccccc32)C1. The molecule has 3 amide bonds. The summed E-state index contributed by atoms with van der Waals surface area (Å²) in [5.41, 5.74) is 0.566. The van der Waals surface area contributed by atoms with Gasteiger partial charge in [-0.15, -0.1) is 0 Å². The van der Waals surface area contributed by atoms with Crippen molar-refractivity contribution in [2.75, 3.05) is 26.2 Å². The number of fused-ring (bicyclic) bond motifs is 1. The number of aryl methyl sites for hydroxylation is 1. The van der Waals surface area contributed by atoms with Gasteiger partial charge < -0.3 is 24.8 Å². The van der Waals surface area contributed by atoms with Gasteiger partial charge in [0.2, 0.25) is 11.8 Å². The number of carbonyl (C=O) groups excluding carboxylic acids is 3. The van der Waals surface area contributed by atoms with Crippen LogP contribution in [0, 0.1) is 5.92 Å². The second-order valence-corrected chi connectivity index (χ2v) is 9.22. The van der Waals surface area contributed by atoms with Crippen LogP contribution in [0.5, 0.6) is 0 Å². The molecule has 1 unspecified atom stereocenters. The van der Waals surface area contributed by atoms with Gasteiger partial charge in [0.05, 0.1) is 5.92 Å². The van der Waals surface area contributed by atoms with Crippen molar-refractivity contribution in [2.24, 2.45) is 5.92 Å². The van der Waals surface area contributed by atoms with Gasteiger partial charge in [-0.25, -0.2) is 4.79 Å². The minimum absolute atomic E-state index is 0.0758. The molecule has 1 aliphatic rings. The number of carbonyl (C=O) groups is 3. The van der Waals surface area contributed by atoms with Crippen molar-refractivity contribution in [3.05, 3.63) is 36.5 Å². The molecule has 1 fully saturated rings. The number of rotatable bonds is 7. The minimum Gasteiger partial charge on any atom is -0.444 e. The molecule has 0 aliphatic carbocycles. The van der Waals surface area contributed by atoms with E-state index < -0.39 is 11.7 Å². The monoisotopic (exact) mass is 442 g/mol. The number of alkyl carbamates (subject to hydrolysis) is 1. The summed E-state index contributed by atoms with van der Waals surface area (Å²) < 4.78 is 7.26. The van der Waals surface area contributed by atoms with Gasteiger partial charge in [0, 0.05) is 50.9 Å². The van der Waals surface area contributed by atoms with Gasteiger partial charge >= 0.3 is 6.09 Å². The van der Waals surface area contributed by atoms with Gasteiger partial charge in [0.15, 0.2) is 0 Å². The Balaban J connectivity index is 1.40. The van der Waals surface area contributed by atoms with Crippen LogP contribution in [0.2, 0.25) is 0 Å². The van der Waals surface area contributed by atoms with E-state index in [9.17, 15) is 14.4 Å². The normalized spacial score (nSPS) is 16.6. The Morgan fingerprint density at radius 2 is 1.84 bits per heavy atom. The first-order valence-electron chi connectivity index (χ1n) is 11.3. The molecule has 8 heteroatoms. The molecule has 3 rings (SSSR count). The third-order valence-corrected chi connectivity index (χ3v) is 5.48. The summed E-state index contributed by atoms with van der Waals surface area (Å²) in [6, 6.07) is 10.2. The maximum Gasteiger partial charge on any atom is 0.407 e. The van der Waals surface area contributed by atoms with Crippen LogP contribution in [0.4, 0.5) is 4.79 Å². The summed E-state index contributed by atoms with van der Waals surface area (Å²) in [6.45, 7) is 7.76. The molecule has 1 aliphatic heterocycles. The number of benzene rings is 1. The van der Waals surface area contributed by atoms with E-state index >= 15 is 0 Å². The lowest BCUT2D eigenvalue weighted by Crippen LogP contribution is -2.46. The number of para-hydroxylation sites is 1. The lowest BCUT2D eigenvalue weighted by molar-refractivity contribution is -0.135. The first-order chi connectivity index (χ1) is 15.2. The number of ether oxygens (including phenoxy) is 1. The van der Waals surface area contributed by atoms with Crippen LogP contribution >= 0.6 is 0 Å². The summed E-state index contributed by atoms with van der Waals surface area (Å²) in [5.74, 6) is -0.224. The number of likely N-dealkylation sites (tertiary alicyclic amines) is 1. The number of nitrogens with one attached hydrogen (secondary N) is 2. The highest BCUT2D eigenvalue weighted by Crippen LogP contribution is 2.19. The zero-order valence-electron chi connectivity index (χ0n) is 19.2. The number of aromatic nitrogens is 1. The minimum atomic E-state index is -0.556. The zero-order valence-corrected chi connectivity index (χ0v) is 19.2. The molecule has 1 atom stereocenters. The molecule has 8 nitrogen and oxygen atoms in total. The Hall–Kier alpha value is -3.03. The fraction of sp³-hybridized carbons (Fsp3) is 0.542. The van der Waals surface area contributed by atoms with Crippen LogP contribution in [0.15, 0.2) is 36.5 Å². The molecule has 174 valence electrons. The van der Waals surface area contributed by atoms with Crippen LogP contribution in [0.3, 0.4) is 0 Å². The van der Waals surface area contributed by atoms with Gasteiger partial charge in [0.1, 0.15) is 5.60 Å². The molecule has 0 spiro atoms. The van der Waals surface area contributed by atoms with Gasteiger partial charge in [-0.2, -0.15) is 0 Å². The first-order valence-corrected chi connectivity index (χ1v) is 11.3. The third-order valence-electron chi connectivity index (χ3n) is 5.48. The molecular formula is C24H34N4O4. The molecule has 2 heterocycles. The number of hydrogen-bond acceptors (Lipinski definition) is 4. The van der Waals surface area contributed by atoms with Crippen LogP contribution in [-0.4, -0.2) is 59.2 Å². The van der Waals surface area contributed by atoms with Crippen LogP contribution in [0.25, 0.3) is 10.9 Å². The first kappa shape index (κ1) is 23.6. The average molecular weight is 443 g/mol.